The molecule has 3 rings (SSSR count). The van der Waals surface area contributed by atoms with Crippen LogP contribution >= 0.6 is 0 Å². The minimum absolute atomic E-state index is 0.00511. The van der Waals surface area contributed by atoms with Crippen LogP contribution < -0.4 is 0 Å². The first-order chi connectivity index (χ1) is 9.33. The molecule has 2 fully saturated rings. The zero-order valence-electron chi connectivity index (χ0n) is 11.0. The van der Waals surface area contributed by atoms with Crippen molar-refractivity contribution < 1.29 is 14.1 Å². The van der Waals surface area contributed by atoms with Crippen LogP contribution in [0.25, 0.3) is 0 Å². The van der Waals surface area contributed by atoms with Crippen molar-refractivity contribution in [2.75, 3.05) is 39.4 Å². The molecule has 0 unspecified atom stereocenters. The average molecular weight is 265 g/mol. The quantitative estimate of drug-likeness (QED) is 0.807. The standard InChI is InChI=1S/C13H19N3O3/c17-13(16-3-1-2-4-16)12-9-11(19-14-12)10-15-5-7-18-8-6-15/h9H,1-8,10H2. The molecule has 1 aromatic rings. The summed E-state index contributed by atoms with van der Waals surface area (Å²) < 4.78 is 10.6. The second kappa shape index (κ2) is 5.71. The Morgan fingerprint density at radius 1 is 1.21 bits per heavy atom. The molecule has 1 amide bonds. The third-order valence-corrected chi connectivity index (χ3v) is 3.65. The van der Waals surface area contributed by atoms with Gasteiger partial charge < -0.3 is 14.2 Å². The number of likely N-dealkylation sites (tertiary alicyclic amines) is 1. The van der Waals surface area contributed by atoms with Gasteiger partial charge in [0.15, 0.2) is 11.5 Å². The van der Waals surface area contributed by atoms with Crippen LogP contribution in [0.5, 0.6) is 0 Å². The van der Waals surface area contributed by atoms with Crippen LogP contribution in [0.15, 0.2) is 10.6 Å². The molecule has 6 heteroatoms. The van der Waals surface area contributed by atoms with Crippen molar-refractivity contribution in [2.24, 2.45) is 0 Å². The first kappa shape index (κ1) is 12.6. The summed E-state index contributed by atoms with van der Waals surface area (Å²) in [7, 11) is 0. The van der Waals surface area contributed by atoms with Gasteiger partial charge in [-0.1, -0.05) is 5.16 Å². The minimum atomic E-state index is -0.00511. The van der Waals surface area contributed by atoms with E-state index < -0.39 is 0 Å². The van der Waals surface area contributed by atoms with E-state index in [0.29, 0.717) is 12.2 Å². The van der Waals surface area contributed by atoms with E-state index in [9.17, 15) is 4.79 Å². The Bertz CT molecular complexity index is 434. The maximum Gasteiger partial charge on any atom is 0.276 e. The van der Waals surface area contributed by atoms with E-state index in [-0.39, 0.29) is 5.91 Å². The van der Waals surface area contributed by atoms with Crippen LogP contribution in [0.2, 0.25) is 0 Å². The van der Waals surface area contributed by atoms with E-state index in [1.807, 2.05) is 4.90 Å². The number of ether oxygens (including phenoxy) is 1. The largest absolute Gasteiger partial charge is 0.379 e. The Morgan fingerprint density at radius 3 is 2.68 bits per heavy atom. The number of carbonyl (C=O) groups is 1. The molecule has 2 aliphatic rings. The Kier molecular flexibility index (Phi) is 3.79. The smallest absolute Gasteiger partial charge is 0.276 e. The van der Waals surface area contributed by atoms with Crippen LogP contribution in [0, 0.1) is 0 Å². The number of hydrogen-bond acceptors (Lipinski definition) is 5. The maximum absolute atomic E-state index is 12.1. The molecule has 3 heterocycles. The molecule has 1 aromatic heterocycles. The molecule has 0 radical (unpaired) electrons. The lowest BCUT2D eigenvalue weighted by molar-refractivity contribution is 0.0305. The van der Waals surface area contributed by atoms with Gasteiger partial charge in [-0.05, 0) is 12.8 Å². The van der Waals surface area contributed by atoms with Crippen molar-refractivity contribution in [3.63, 3.8) is 0 Å². The molecule has 6 nitrogen and oxygen atoms in total. The lowest BCUT2D eigenvalue weighted by atomic mass is 10.3. The number of carbonyl (C=O) groups excluding carboxylic acids is 1. The first-order valence-electron chi connectivity index (χ1n) is 6.88. The molecule has 2 saturated heterocycles. The molecule has 0 spiro atoms. The number of amides is 1. The summed E-state index contributed by atoms with van der Waals surface area (Å²) in [5.41, 5.74) is 0.435. The second-order valence-electron chi connectivity index (χ2n) is 5.07. The molecule has 2 aliphatic heterocycles. The molecule has 104 valence electrons. The lowest BCUT2D eigenvalue weighted by Crippen LogP contribution is -2.35. The van der Waals surface area contributed by atoms with Gasteiger partial charge in [0.05, 0.1) is 19.8 Å². The van der Waals surface area contributed by atoms with Crippen LogP contribution in [0.4, 0.5) is 0 Å². The third kappa shape index (κ3) is 2.96. The van der Waals surface area contributed by atoms with Crippen molar-refractivity contribution in [1.82, 2.24) is 15.0 Å². The molecular formula is C13H19N3O3. The van der Waals surface area contributed by atoms with Crippen molar-refractivity contribution >= 4 is 5.91 Å². The first-order valence-corrected chi connectivity index (χ1v) is 6.88. The Balaban J connectivity index is 1.60. The predicted octanol–water partition coefficient (Wildman–Crippen LogP) is 0.743. The van der Waals surface area contributed by atoms with Gasteiger partial charge in [0.25, 0.3) is 5.91 Å². The van der Waals surface area contributed by atoms with Gasteiger partial charge in [-0.2, -0.15) is 0 Å². The highest BCUT2D eigenvalue weighted by Crippen LogP contribution is 2.14. The van der Waals surface area contributed by atoms with Crippen LogP contribution in [-0.2, 0) is 11.3 Å². The van der Waals surface area contributed by atoms with Crippen LogP contribution in [0.3, 0.4) is 0 Å². The maximum atomic E-state index is 12.1. The van der Waals surface area contributed by atoms with Gasteiger partial charge in [-0.15, -0.1) is 0 Å². The highest BCUT2D eigenvalue weighted by molar-refractivity contribution is 5.92. The Labute approximate surface area is 112 Å². The summed E-state index contributed by atoms with van der Waals surface area (Å²) in [4.78, 5) is 16.2. The second-order valence-corrected chi connectivity index (χ2v) is 5.07. The summed E-state index contributed by atoms with van der Waals surface area (Å²) in [6, 6.07) is 1.77. The van der Waals surface area contributed by atoms with Crippen molar-refractivity contribution in [1.29, 1.82) is 0 Å². The van der Waals surface area contributed by atoms with E-state index in [4.69, 9.17) is 9.26 Å². The van der Waals surface area contributed by atoms with E-state index in [0.717, 1.165) is 58.0 Å². The number of hydrogen-bond donors (Lipinski definition) is 0. The number of morpholine rings is 1. The highest BCUT2D eigenvalue weighted by atomic mass is 16.5. The molecule has 0 bridgehead atoms. The lowest BCUT2D eigenvalue weighted by Gasteiger charge is -2.25. The zero-order chi connectivity index (χ0) is 13.1. The predicted molar refractivity (Wildman–Crippen MR) is 67.7 cm³/mol. The summed E-state index contributed by atoms with van der Waals surface area (Å²) in [5.74, 6) is 0.749. The molecule has 0 N–H and O–H groups in total. The third-order valence-electron chi connectivity index (χ3n) is 3.65. The molecule has 0 saturated carbocycles. The van der Waals surface area contributed by atoms with Crippen molar-refractivity contribution in [3.8, 4) is 0 Å². The topological polar surface area (TPSA) is 58.8 Å². The molecule has 19 heavy (non-hydrogen) atoms. The van der Waals surface area contributed by atoms with Gasteiger partial charge >= 0.3 is 0 Å². The number of aromatic nitrogens is 1. The summed E-state index contributed by atoms with van der Waals surface area (Å²) in [6.07, 6.45) is 2.18. The van der Waals surface area contributed by atoms with E-state index in [1.54, 1.807) is 6.07 Å². The van der Waals surface area contributed by atoms with Crippen molar-refractivity contribution in [2.45, 2.75) is 19.4 Å². The number of nitrogens with zero attached hydrogens (tertiary/aromatic N) is 3. The summed E-state index contributed by atoms with van der Waals surface area (Å²) in [5, 5.41) is 3.90. The molecule has 0 aromatic carbocycles. The van der Waals surface area contributed by atoms with Crippen LogP contribution in [0.1, 0.15) is 29.1 Å². The fourth-order valence-corrected chi connectivity index (χ4v) is 2.55. The Hall–Kier alpha value is -1.40. The fourth-order valence-electron chi connectivity index (χ4n) is 2.55. The molecule has 0 atom stereocenters. The zero-order valence-corrected chi connectivity index (χ0v) is 11.0. The Morgan fingerprint density at radius 2 is 1.95 bits per heavy atom. The van der Waals surface area contributed by atoms with E-state index in [1.165, 1.54) is 0 Å². The summed E-state index contributed by atoms with van der Waals surface area (Å²) in [6.45, 7) is 5.69. The van der Waals surface area contributed by atoms with E-state index >= 15 is 0 Å². The monoisotopic (exact) mass is 265 g/mol. The van der Waals surface area contributed by atoms with Gasteiger partial charge in [0.1, 0.15) is 0 Å². The molecular weight excluding hydrogens is 246 g/mol. The normalized spacial score (nSPS) is 20.9. The fraction of sp³-hybridized carbons (Fsp3) is 0.692. The summed E-state index contributed by atoms with van der Waals surface area (Å²) >= 11 is 0. The van der Waals surface area contributed by atoms with Gasteiger partial charge in [0, 0.05) is 32.2 Å². The molecule has 0 aliphatic carbocycles. The highest BCUT2D eigenvalue weighted by Gasteiger charge is 2.23. The SMILES string of the molecule is O=C(c1cc(CN2CCOCC2)on1)N1CCCC1. The van der Waals surface area contributed by atoms with Gasteiger partial charge in [-0.3, -0.25) is 9.69 Å². The number of rotatable bonds is 3. The van der Waals surface area contributed by atoms with Gasteiger partial charge in [-0.25, -0.2) is 0 Å². The van der Waals surface area contributed by atoms with Gasteiger partial charge in [0.2, 0.25) is 0 Å². The minimum Gasteiger partial charge on any atom is -0.379 e. The van der Waals surface area contributed by atoms with Crippen LogP contribution in [-0.4, -0.2) is 60.3 Å². The average Bonchev–Trinajstić information content (AvgIpc) is 3.10. The van der Waals surface area contributed by atoms with E-state index in [2.05, 4.69) is 10.1 Å². The van der Waals surface area contributed by atoms with Crippen molar-refractivity contribution in [3.05, 3.63) is 17.5 Å².